The molecular formula is C14H15F2NOS. The van der Waals surface area contributed by atoms with Gasteiger partial charge in [-0.2, -0.15) is 0 Å². The van der Waals surface area contributed by atoms with Crippen molar-refractivity contribution in [3.8, 4) is 0 Å². The van der Waals surface area contributed by atoms with E-state index in [-0.39, 0.29) is 12.1 Å². The molecule has 0 aliphatic carbocycles. The lowest BCUT2D eigenvalue weighted by molar-refractivity contribution is 0.170. The predicted octanol–water partition coefficient (Wildman–Crippen LogP) is 2.89. The van der Waals surface area contributed by atoms with Crippen molar-refractivity contribution in [2.75, 3.05) is 13.1 Å². The van der Waals surface area contributed by atoms with Crippen LogP contribution in [0.2, 0.25) is 0 Å². The van der Waals surface area contributed by atoms with Gasteiger partial charge in [0.2, 0.25) is 0 Å². The minimum Gasteiger partial charge on any atom is -0.387 e. The van der Waals surface area contributed by atoms with Gasteiger partial charge in [-0.15, -0.1) is 11.3 Å². The van der Waals surface area contributed by atoms with Gasteiger partial charge in [0.1, 0.15) is 11.6 Å². The zero-order valence-electron chi connectivity index (χ0n) is 10.3. The zero-order chi connectivity index (χ0) is 13.7. The zero-order valence-corrected chi connectivity index (χ0v) is 11.1. The van der Waals surface area contributed by atoms with Crippen LogP contribution in [0.15, 0.2) is 35.7 Å². The molecule has 1 aromatic heterocycles. The monoisotopic (exact) mass is 283 g/mol. The van der Waals surface area contributed by atoms with Gasteiger partial charge in [0.15, 0.2) is 0 Å². The average Bonchev–Trinajstić information content (AvgIpc) is 2.90. The number of thiophene rings is 1. The fourth-order valence-corrected chi connectivity index (χ4v) is 2.49. The standard InChI is InChI=1S/C14H15F2NOS/c15-10-3-4-13(16)12(8-10)14(18)9-17-6-5-11-2-1-7-19-11/h1-4,7-8,14,17-18H,5-6,9H2. The molecule has 0 amide bonds. The summed E-state index contributed by atoms with van der Waals surface area (Å²) in [6, 6.07) is 7.11. The molecule has 0 aliphatic heterocycles. The first-order chi connectivity index (χ1) is 9.16. The Labute approximate surface area is 114 Å². The highest BCUT2D eigenvalue weighted by Crippen LogP contribution is 2.17. The van der Waals surface area contributed by atoms with Gasteiger partial charge in [-0.25, -0.2) is 8.78 Å². The van der Waals surface area contributed by atoms with Crippen molar-refractivity contribution in [3.63, 3.8) is 0 Å². The number of aliphatic hydroxyl groups excluding tert-OH is 1. The molecule has 102 valence electrons. The Morgan fingerprint density at radius 2 is 2.11 bits per heavy atom. The van der Waals surface area contributed by atoms with Crippen LogP contribution in [0, 0.1) is 11.6 Å². The summed E-state index contributed by atoms with van der Waals surface area (Å²) in [4.78, 5) is 1.25. The highest BCUT2D eigenvalue weighted by molar-refractivity contribution is 7.09. The molecule has 0 saturated carbocycles. The van der Waals surface area contributed by atoms with Crippen molar-refractivity contribution in [2.24, 2.45) is 0 Å². The quantitative estimate of drug-likeness (QED) is 0.799. The van der Waals surface area contributed by atoms with Gasteiger partial charge in [-0.3, -0.25) is 0 Å². The summed E-state index contributed by atoms with van der Waals surface area (Å²) >= 11 is 1.67. The lowest BCUT2D eigenvalue weighted by Gasteiger charge is -2.13. The summed E-state index contributed by atoms with van der Waals surface area (Å²) in [5, 5.41) is 14.9. The van der Waals surface area contributed by atoms with Crippen LogP contribution in [0.25, 0.3) is 0 Å². The van der Waals surface area contributed by atoms with E-state index in [4.69, 9.17) is 0 Å². The highest BCUT2D eigenvalue weighted by atomic mass is 32.1. The van der Waals surface area contributed by atoms with Gasteiger partial charge in [0.05, 0.1) is 6.10 Å². The summed E-state index contributed by atoms with van der Waals surface area (Å²) in [5.74, 6) is -1.14. The number of rotatable bonds is 6. The van der Waals surface area contributed by atoms with E-state index >= 15 is 0 Å². The second-order valence-electron chi connectivity index (χ2n) is 4.22. The van der Waals surface area contributed by atoms with Crippen LogP contribution in [0.3, 0.4) is 0 Å². The maximum absolute atomic E-state index is 13.4. The molecule has 0 spiro atoms. The molecule has 1 unspecified atom stereocenters. The third kappa shape index (κ3) is 4.09. The van der Waals surface area contributed by atoms with Crippen molar-refractivity contribution in [1.82, 2.24) is 5.32 Å². The maximum atomic E-state index is 13.4. The van der Waals surface area contributed by atoms with E-state index in [0.717, 1.165) is 24.6 Å². The van der Waals surface area contributed by atoms with Gasteiger partial charge in [0.25, 0.3) is 0 Å². The molecule has 0 aliphatic rings. The Morgan fingerprint density at radius 1 is 1.26 bits per heavy atom. The van der Waals surface area contributed by atoms with Crippen molar-refractivity contribution in [1.29, 1.82) is 0 Å². The molecular weight excluding hydrogens is 268 g/mol. The van der Waals surface area contributed by atoms with E-state index in [1.165, 1.54) is 4.88 Å². The average molecular weight is 283 g/mol. The molecule has 2 rings (SSSR count). The molecule has 2 N–H and O–H groups in total. The molecule has 1 atom stereocenters. The molecule has 0 fully saturated rings. The fourth-order valence-electron chi connectivity index (χ4n) is 1.79. The van der Waals surface area contributed by atoms with Crippen molar-refractivity contribution in [2.45, 2.75) is 12.5 Å². The van der Waals surface area contributed by atoms with Crippen LogP contribution >= 0.6 is 11.3 Å². The van der Waals surface area contributed by atoms with Gasteiger partial charge >= 0.3 is 0 Å². The first-order valence-electron chi connectivity index (χ1n) is 6.03. The van der Waals surface area contributed by atoms with Crippen molar-refractivity contribution < 1.29 is 13.9 Å². The Kier molecular flexibility index (Phi) is 5.01. The van der Waals surface area contributed by atoms with Gasteiger partial charge in [0, 0.05) is 23.5 Å². The summed E-state index contributed by atoms with van der Waals surface area (Å²) in [7, 11) is 0. The smallest absolute Gasteiger partial charge is 0.129 e. The molecule has 19 heavy (non-hydrogen) atoms. The van der Waals surface area contributed by atoms with E-state index in [1.807, 2.05) is 17.5 Å². The van der Waals surface area contributed by atoms with Crippen molar-refractivity contribution >= 4 is 11.3 Å². The van der Waals surface area contributed by atoms with E-state index < -0.39 is 17.7 Å². The lowest BCUT2D eigenvalue weighted by atomic mass is 10.1. The SMILES string of the molecule is OC(CNCCc1cccs1)c1cc(F)ccc1F. The Morgan fingerprint density at radius 3 is 2.84 bits per heavy atom. The third-order valence-corrected chi connectivity index (χ3v) is 3.72. The summed E-state index contributed by atoms with van der Waals surface area (Å²) in [5.41, 5.74) is -0.0105. The Balaban J connectivity index is 1.80. The first kappa shape index (κ1) is 14.1. The van der Waals surface area contributed by atoms with E-state index in [9.17, 15) is 13.9 Å². The first-order valence-corrected chi connectivity index (χ1v) is 6.91. The van der Waals surface area contributed by atoms with Crippen LogP contribution in [-0.4, -0.2) is 18.2 Å². The highest BCUT2D eigenvalue weighted by Gasteiger charge is 2.13. The second kappa shape index (κ2) is 6.75. The number of aliphatic hydroxyl groups is 1. The molecule has 1 heterocycles. The van der Waals surface area contributed by atoms with E-state index in [1.54, 1.807) is 11.3 Å². The molecule has 1 aromatic carbocycles. The molecule has 2 aromatic rings. The summed E-state index contributed by atoms with van der Waals surface area (Å²) in [6.07, 6.45) is -0.185. The molecule has 0 bridgehead atoms. The molecule has 5 heteroatoms. The number of hydrogen-bond acceptors (Lipinski definition) is 3. The van der Waals surface area contributed by atoms with Crippen LogP contribution in [0.4, 0.5) is 8.78 Å². The summed E-state index contributed by atoms with van der Waals surface area (Å²) < 4.78 is 26.4. The molecule has 0 radical (unpaired) electrons. The third-order valence-electron chi connectivity index (χ3n) is 2.78. The minimum absolute atomic E-state index is 0.0105. The second-order valence-corrected chi connectivity index (χ2v) is 5.25. The predicted molar refractivity (Wildman–Crippen MR) is 72.2 cm³/mol. The van der Waals surface area contributed by atoms with Crippen LogP contribution in [-0.2, 0) is 6.42 Å². The number of benzene rings is 1. The normalized spacial score (nSPS) is 12.6. The van der Waals surface area contributed by atoms with Gasteiger partial charge < -0.3 is 10.4 Å². The van der Waals surface area contributed by atoms with Crippen molar-refractivity contribution in [3.05, 3.63) is 57.8 Å². The minimum atomic E-state index is -1.04. The fraction of sp³-hybridized carbons (Fsp3) is 0.286. The summed E-state index contributed by atoms with van der Waals surface area (Å²) in [6.45, 7) is 0.889. The molecule has 2 nitrogen and oxygen atoms in total. The maximum Gasteiger partial charge on any atom is 0.129 e. The van der Waals surface area contributed by atoms with E-state index in [0.29, 0.717) is 6.54 Å². The van der Waals surface area contributed by atoms with Crippen LogP contribution < -0.4 is 5.32 Å². The largest absolute Gasteiger partial charge is 0.387 e. The number of nitrogens with one attached hydrogen (secondary N) is 1. The lowest BCUT2D eigenvalue weighted by Crippen LogP contribution is -2.24. The number of halogens is 2. The number of hydrogen-bond donors (Lipinski definition) is 2. The molecule has 0 saturated heterocycles. The van der Waals surface area contributed by atoms with E-state index in [2.05, 4.69) is 5.32 Å². The van der Waals surface area contributed by atoms with Gasteiger partial charge in [-0.05, 0) is 36.1 Å². The van der Waals surface area contributed by atoms with Crippen LogP contribution in [0.1, 0.15) is 16.5 Å². The Hall–Kier alpha value is -1.30. The van der Waals surface area contributed by atoms with Gasteiger partial charge in [-0.1, -0.05) is 6.07 Å². The topological polar surface area (TPSA) is 32.3 Å². The Bertz CT molecular complexity index is 516. The van der Waals surface area contributed by atoms with Crippen LogP contribution in [0.5, 0.6) is 0 Å².